The third kappa shape index (κ3) is 10.3. The highest BCUT2D eigenvalue weighted by atomic mass is 16.5. The number of furan rings is 1. The monoisotopic (exact) mass is 820 g/mol. The lowest BCUT2D eigenvalue weighted by Crippen LogP contribution is -2.54. The molecule has 60 heavy (non-hydrogen) atoms. The van der Waals surface area contributed by atoms with Crippen molar-refractivity contribution >= 4 is 41.1 Å². The minimum absolute atomic E-state index is 0.0789. The predicted molar refractivity (Wildman–Crippen MR) is 217 cm³/mol. The molecule has 1 atom stereocenters. The zero-order chi connectivity index (χ0) is 41.7. The quantitative estimate of drug-likeness (QED) is 0.0619. The van der Waals surface area contributed by atoms with Gasteiger partial charge in [-0.1, -0.05) is 37.1 Å². The van der Waals surface area contributed by atoms with E-state index < -0.39 is 29.7 Å². The van der Waals surface area contributed by atoms with Gasteiger partial charge in [0.1, 0.15) is 18.1 Å². The van der Waals surface area contributed by atoms with Gasteiger partial charge in [0.2, 0.25) is 17.8 Å². The van der Waals surface area contributed by atoms with Crippen molar-refractivity contribution in [2.45, 2.75) is 64.0 Å². The molecule has 1 saturated heterocycles. The van der Waals surface area contributed by atoms with Crippen LogP contribution in [-0.4, -0.2) is 106 Å². The van der Waals surface area contributed by atoms with Gasteiger partial charge in [0.05, 0.1) is 50.4 Å². The van der Waals surface area contributed by atoms with E-state index in [4.69, 9.17) is 18.6 Å². The molecular weight excluding hydrogens is 773 g/mol. The predicted octanol–water partition coefficient (Wildman–Crippen LogP) is 4.37. The molecule has 1 unspecified atom stereocenters. The summed E-state index contributed by atoms with van der Waals surface area (Å²) in [6.45, 7) is 3.96. The number of aryl methyl sites for hydroxylation is 1. The number of nitrogens with one attached hydrogen (secondary N) is 3. The number of imide groups is 2. The second-order valence-electron chi connectivity index (χ2n) is 14.4. The number of hydrogen-bond acceptors (Lipinski definition) is 13. The molecule has 5 amide bonds. The fraction of sp³-hybridized carbons (Fsp3) is 0.395. The van der Waals surface area contributed by atoms with Crippen molar-refractivity contribution in [2.75, 3.05) is 51.5 Å². The number of piperidine rings is 1. The molecule has 0 aliphatic carbocycles. The second-order valence-corrected chi connectivity index (χ2v) is 14.4. The van der Waals surface area contributed by atoms with Crippen LogP contribution in [0.5, 0.6) is 0 Å². The molecule has 3 aromatic heterocycles. The minimum atomic E-state index is -0.986. The molecule has 314 valence electrons. The number of unbranched alkanes of at least 4 members (excludes halogenated alkanes) is 3. The van der Waals surface area contributed by atoms with Crippen molar-refractivity contribution in [2.24, 2.45) is 0 Å². The SMILES string of the molecule is O=C1CCC(N2C(=O)c3cccc(CCCOCCOCCOCCCCCCNC(=O)c4ccc(-c5cnc(NCc6ccco6)n6cnnc56)cc4)c3C2=O)C(=O)N1. The molecule has 2 aromatic carbocycles. The van der Waals surface area contributed by atoms with Gasteiger partial charge in [-0.25, -0.2) is 4.98 Å². The lowest BCUT2D eigenvalue weighted by Gasteiger charge is -2.27. The Morgan fingerprint density at radius 1 is 0.833 bits per heavy atom. The number of fused-ring (bicyclic) bond motifs is 2. The Kier molecular flexibility index (Phi) is 14.4. The van der Waals surface area contributed by atoms with Crippen LogP contribution >= 0.6 is 0 Å². The molecule has 3 N–H and O–H groups in total. The van der Waals surface area contributed by atoms with Crippen molar-refractivity contribution < 1.29 is 42.6 Å². The highest BCUT2D eigenvalue weighted by Gasteiger charge is 2.45. The van der Waals surface area contributed by atoms with Gasteiger partial charge in [-0.05, 0) is 73.6 Å². The Labute approximate surface area is 346 Å². The fourth-order valence-electron chi connectivity index (χ4n) is 7.22. The first-order chi connectivity index (χ1) is 29.4. The summed E-state index contributed by atoms with van der Waals surface area (Å²) >= 11 is 0. The van der Waals surface area contributed by atoms with Gasteiger partial charge in [0.25, 0.3) is 17.7 Å². The molecular formula is C43H48N8O9. The van der Waals surface area contributed by atoms with Gasteiger partial charge in [0, 0.05) is 43.5 Å². The maximum absolute atomic E-state index is 13.2. The van der Waals surface area contributed by atoms with Crippen molar-refractivity contribution in [3.05, 3.63) is 101 Å². The minimum Gasteiger partial charge on any atom is -0.467 e. The van der Waals surface area contributed by atoms with Gasteiger partial charge < -0.3 is 29.3 Å². The van der Waals surface area contributed by atoms with Crippen LogP contribution in [0.4, 0.5) is 5.95 Å². The number of ether oxygens (including phenoxy) is 3. The van der Waals surface area contributed by atoms with Crippen molar-refractivity contribution in [1.29, 1.82) is 0 Å². The molecule has 5 aromatic rings. The van der Waals surface area contributed by atoms with E-state index in [1.54, 1.807) is 47.5 Å². The van der Waals surface area contributed by atoms with Gasteiger partial charge in [0.15, 0.2) is 5.65 Å². The summed E-state index contributed by atoms with van der Waals surface area (Å²) in [6.07, 6.45) is 10.1. The number of aromatic nitrogens is 4. The number of carbonyl (C=O) groups excluding carboxylic acids is 5. The highest BCUT2D eigenvalue weighted by molar-refractivity contribution is 6.24. The molecule has 7 rings (SSSR count). The van der Waals surface area contributed by atoms with E-state index >= 15 is 0 Å². The van der Waals surface area contributed by atoms with Crippen LogP contribution in [0.3, 0.4) is 0 Å². The van der Waals surface area contributed by atoms with Gasteiger partial charge in [-0.2, -0.15) is 0 Å². The fourth-order valence-corrected chi connectivity index (χ4v) is 7.22. The smallest absolute Gasteiger partial charge is 0.262 e. The average Bonchev–Trinajstić information content (AvgIpc) is 4.03. The average molecular weight is 821 g/mol. The van der Waals surface area contributed by atoms with E-state index in [-0.39, 0.29) is 24.3 Å². The zero-order valence-electron chi connectivity index (χ0n) is 33.2. The number of carbonyl (C=O) groups is 5. The van der Waals surface area contributed by atoms with Gasteiger partial charge in [-0.15, -0.1) is 10.2 Å². The molecule has 0 saturated carbocycles. The molecule has 2 aliphatic rings. The summed E-state index contributed by atoms with van der Waals surface area (Å²) in [5.74, 6) is -0.778. The first-order valence-corrected chi connectivity index (χ1v) is 20.3. The third-order valence-corrected chi connectivity index (χ3v) is 10.3. The summed E-state index contributed by atoms with van der Waals surface area (Å²) in [4.78, 5) is 68.5. The molecule has 2 aliphatic heterocycles. The van der Waals surface area contributed by atoms with Crippen LogP contribution in [0.25, 0.3) is 16.8 Å². The van der Waals surface area contributed by atoms with E-state index in [9.17, 15) is 24.0 Å². The summed E-state index contributed by atoms with van der Waals surface area (Å²) < 4.78 is 24.2. The number of benzene rings is 2. The normalized spacial score (nSPS) is 15.1. The molecule has 0 bridgehead atoms. The van der Waals surface area contributed by atoms with E-state index in [0.29, 0.717) is 88.3 Å². The molecule has 1 fully saturated rings. The van der Waals surface area contributed by atoms with Crippen molar-refractivity contribution in [1.82, 2.24) is 35.1 Å². The van der Waals surface area contributed by atoms with Crippen LogP contribution in [0, 0.1) is 0 Å². The summed E-state index contributed by atoms with van der Waals surface area (Å²) in [5, 5.41) is 16.8. The van der Waals surface area contributed by atoms with E-state index in [2.05, 4.69) is 31.1 Å². The standard InChI is InChI=1S/C43H48N8O9/c52-36-17-16-35(40(54)48-36)51-41(55)33-11-5-8-30(37(33)42(51)56)9-6-20-58-23-25-59-24-22-57-19-4-2-1-3-18-44-39(53)31-14-12-29(13-15-31)34-27-46-43(50-28-47-49-38(34)50)45-26-32-10-7-21-60-32/h5,7-8,10-15,21,27-28,35H,1-4,6,9,16-20,22-26H2,(H,44,53)(H,45,46)(H,48,52,54). The number of anilines is 1. The van der Waals surface area contributed by atoms with Crippen LogP contribution in [0.2, 0.25) is 0 Å². The maximum atomic E-state index is 13.2. The highest BCUT2D eigenvalue weighted by Crippen LogP contribution is 2.31. The largest absolute Gasteiger partial charge is 0.467 e. The second kappa shape index (κ2) is 20.6. The lowest BCUT2D eigenvalue weighted by atomic mass is 9.99. The Balaban J connectivity index is 0.690. The number of hydrogen-bond donors (Lipinski definition) is 3. The molecule has 5 heterocycles. The first kappa shape index (κ1) is 41.8. The van der Waals surface area contributed by atoms with Crippen LogP contribution < -0.4 is 16.0 Å². The number of rotatable bonds is 23. The third-order valence-electron chi connectivity index (χ3n) is 10.3. The lowest BCUT2D eigenvalue weighted by molar-refractivity contribution is -0.136. The molecule has 17 heteroatoms. The molecule has 0 radical (unpaired) electrons. The summed E-state index contributed by atoms with van der Waals surface area (Å²) in [5.41, 5.74) is 4.23. The number of nitrogens with zero attached hydrogens (tertiary/aromatic N) is 5. The van der Waals surface area contributed by atoms with E-state index in [1.807, 2.05) is 30.3 Å². The molecule has 0 spiro atoms. The Morgan fingerprint density at radius 3 is 2.37 bits per heavy atom. The summed E-state index contributed by atoms with van der Waals surface area (Å²) in [7, 11) is 0. The first-order valence-electron chi connectivity index (χ1n) is 20.3. The van der Waals surface area contributed by atoms with Gasteiger partial charge >= 0.3 is 0 Å². The Morgan fingerprint density at radius 2 is 1.60 bits per heavy atom. The summed E-state index contributed by atoms with van der Waals surface area (Å²) in [6, 6.07) is 15.2. The van der Waals surface area contributed by atoms with Gasteiger partial charge in [-0.3, -0.25) is 38.6 Å². The Hall–Kier alpha value is -6.30. The van der Waals surface area contributed by atoms with Crippen molar-refractivity contribution in [3.8, 4) is 11.1 Å². The van der Waals surface area contributed by atoms with Crippen LogP contribution in [0.1, 0.15) is 87.3 Å². The Bertz CT molecular complexity index is 2280. The molecule has 17 nitrogen and oxygen atoms in total. The maximum Gasteiger partial charge on any atom is 0.262 e. The topological polar surface area (TPSA) is 209 Å². The van der Waals surface area contributed by atoms with E-state index in [0.717, 1.165) is 53.0 Å². The van der Waals surface area contributed by atoms with Crippen molar-refractivity contribution in [3.63, 3.8) is 0 Å². The van der Waals surface area contributed by atoms with Crippen LogP contribution in [0.15, 0.2) is 77.8 Å². The number of amides is 5. The van der Waals surface area contributed by atoms with E-state index in [1.165, 1.54) is 0 Å². The zero-order valence-corrected chi connectivity index (χ0v) is 33.2. The van der Waals surface area contributed by atoms with Crippen LogP contribution in [-0.2, 0) is 36.8 Å².